The monoisotopic (exact) mass is 150 g/mol. The Morgan fingerprint density at radius 1 is 1.73 bits per heavy atom. The molecule has 1 rings (SSSR count). The topological polar surface area (TPSA) is 26.3 Å². The Morgan fingerprint density at radius 2 is 2.45 bits per heavy atom. The molecule has 11 heavy (non-hydrogen) atoms. The van der Waals surface area contributed by atoms with Gasteiger partial charge in [-0.1, -0.05) is 30.4 Å². The van der Waals surface area contributed by atoms with E-state index in [2.05, 4.69) is 11.3 Å². The lowest BCUT2D eigenvalue weighted by Gasteiger charge is -2.07. The average molecular weight is 150 g/mol. The van der Waals surface area contributed by atoms with Gasteiger partial charge in [0.2, 0.25) is 0 Å². The van der Waals surface area contributed by atoms with E-state index >= 15 is 0 Å². The fourth-order valence-electron chi connectivity index (χ4n) is 0.934. The highest BCUT2D eigenvalue weighted by atomic mass is 16.5. The van der Waals surface area contributed by atoms with Gasteiger partial charge in [-0.25, -0.2) is 4.79 Å². The summed E-state index contributed by atoms with van der Waals surface area (Å²) in [5, 5.41) is 0. The molecule has 0 aromatic rings. The van der Waals surface area contributed by atoms with Crippen LogP contribution in [-0.4, -0.2) is 13.1 Å². The molecule has 1 aliphatic rings. The fourth-order valence-corrected chi connectivity index (χ4v) is 0.934. The van der Waals surface area contributed by atoms with E-state index in [-0.39, 0.29) is 5.97 Å². The molecule has 0 amide bonds. The van der Waals surface area contributed by atoms with E-state index < -0.39 is 0 Å². The highest BCUT2D eigenvalue weighted by Crippen LogP contribution is 2.16. The minimum Gasteiger partial charge on any atom is -0.466 e. The molecule has 0 aromatic carbocycles. The summed E-state index contributed by atoms with van der Waals surface area (Å²) in [7, 11) is 1.38. The molecule has 0 aliphatic heterocycles. The van der Waals surface area contributed by atoms with Crippen LogP contribution in [0.15, 0.2) is 36.0 Å². The maximum Gasteiger partial charge on any atom is 0.334 e. The number of ether oxygens (including phenoxy) is 1. The molecular formula is C9H10O2. The van der Waals surface area contributed by atoms with Crippen molar-refractivity contribution >= 4 is 5.97 Å². The van der Waals surface area contributed by atoms with Gasteiger partial charge in [0.1, 0.15) is 0 Å². The lowest BCUT2D eigenvalue weighted by Crippen LogP contribution is -2.06. The first-order chi connectivity index (χ1) is 5.24. The Kier molecular flexibility index (Phi) is 2.26. The van der Waals surface area contributed by atoms with Gasteiger partial charge < -0.3 is 4.74 Å². The maximum atomic E-state index is 10.9. The van der Waals surface area contributed by atoms with Gasteiger partial charge in [-0.05, 0) is 0 Å². The SMILES string of the molecule is C=C1C=CC=C(C(=O)OC)C1. The number of carbonyl (C=O) groups excluding carboxylic acids is 1. The Morgan fingerprint density at radius 3 is 3.00 bits per heavy atom. The third kappa shape index (κ3) is 1.80. The molecule has 0 radical (unpaired) electrons. The highest BCUT2D eigenvalue weighted by Gasteiger charge is 2.10. The number of carbonyl (C=O) groups is 1. The van der Waals surface area contributed by atoms with E-state index in [9.17, 15) is 4.79 Å². The number of rotatable bonds is 1. The summed E-state index contributed by atoms with van der Waals surface area (Å²) >= 11 is 0. The standard InChI is InChI=1S/C9H10O2/c1-7-4-3-5-8(6-7)9(10)11-2/h3-5H,1,6H2,2H3. The minimum absolute atomic E-state index is 0.268. The molecule has 0 unspecified atom stereocenters. The molecule has 2 heteroatoms. The molecular weight excluding hydrogens is 140 g/mol. The van der Waals surface area contributed by atoms with Crippen LogP contribution in [0.2, 0.25) is 0 Å². The van der Waals surface area contributed by atoms with Crippen molar-refractivity contribution in [2.24, 2.45) is 0 Å². The first-order valence-electron chi connectivity index (χ1n) is 3.37. The number of methoxy groups -OCH3 is 1. The van der Waals surface area contributed by atoms with Gasteiger partial charge in [0.05, 0.1) is 7.11 Å². The molecule has 2 nitrogen and oxygen atoms in total. The molecule has 0 N–H and O–H groups in total. The summed E-state index contributed by atoms with van der Waals surface area (Å²) in [6, 6.07) is 0. The van der Waals surface area contributed by atoms with Gasteiger partial charge in [-0.15, -0.1) is 0 Å². The number of allylic oxidation sites excluding steroid dienone is 4. The second kappa shape index (κ2) is 3.19. The molecule has 0 spiro atoms. The molecule has 0 atom stereocenters. The zero-order valence-corrected chi connectivity index (χ0v) is 6.46. The third-order valence-electron chi connectivity index (χ3n) is 1.49. The van der Waals surface area contributed by atoms with Crippen molar-refractivity contribution in [2.45, 2.75) is 6.42 Å². The lowest BCUT2D eigenvalue weighted by molar-refractivity contribution is -0.136. The Hall–Kier alpha value is -1.31. The van der Waals surface area contributed by atoms with E-state index in [0.717, 1.165) is 5.57 Å². The van der Waals surface area contributed by atoms with E-state index in [1.165, 1.54) is 7.11 Å². The molecule has 0 bridgehead atoms. The highest BCUT2D eigenvalue weighted by molar-refractivity contribution is 5.89. The van der Waals surface area contributed by atoms with Crippen LogP contribution in [0, 0.1) is 0 Å². The van der Waals surface area contributed by atoms with Crippen molar-refractivity contribution in [1.82, 2.24) is 0 Å². The van der Waals surface area contributed by atoms with Gasteiger partial charge in [0.15, 0.2) is 0 Å². The molecule has 0 aromatic heterocycles. The maximum absolute atomic E-state index is 10.9. The van der Waals surface area contributed by atoms with Crippen LogP contribution in [0.5, 0.6) is 0 Å². The molecule has 0 fully saturated rings. The molecule has 0 heterocycles. The van der Waals surface area contributed by atoms with Crippen molar-refractivity contribution in [3.05, 3.63) is 36.0 Å². The van der Waals surface area contributed by atoms with Crippen LogP contribution < -0.4 is 0 Å². The van der Waals surface area contributed by atoms with Crippen molar-refractivity contribution in [1.29, 1.82) is 0 Å². The summed E-state index contributed by atoms with van der Waals surface area (Å²) in [4.78, 5) is 10.9. The first-order valence-corrected chi connectivity index (χ1v) is 3.37. The minimum atomic E-state index is -0.268. The zero-order valence-electron chi connectivity index (χ0n) is 6.46. The van der Waals surface area contributed by atoms with Crippen LogP contribution in [-0.2, 0) is 9.53 Å². The van der Waals surface area contributed by atoms with Gasteiger partial charge in [0.25, 0.3) is 0 Å². The average Bonchev–Trinajstić information content (AvgIpc) is 2.03. The zero-order chi connectivity index (χ0) is 8.27. The Bertz CT molecular complexity index is 246. The van der Waals surface area contributed by atoms with E-state index in [0.29, 0.717) is 12.0 Å². The van der Waals surface area contributed by atoms with E-state index in [1.807, 2.05) is 6.08 Å². The van der Waals surface area contributed by atoms with E-state index in [4.69, 9.17) is 0 Å². The Balaban J connectivity index is 2.74. The van der Waals surface area contributed by atoms with Crippen molar-refractivity contribution in [3.63, 3.8) is 0 Å². The summed E-state index contributed by atoms with van der Waals surface area (Å²) in [6.45, 7) is 3.75. The number of hydrogen-bond donors (Lipinski definition) is 0. The molecule has 58 valence electrons. The normalized spacial score (nSPS) is 16.1. The second-order valence-corrected chi connectivity index (χ2v) is 2.38. The quantitative estimate of drug-likeness (QED) is 0.531. The largest absolute Gasteiger partial charge is 0.466 e. The van der Waals surface area contributed by atoms with E-state index in [1.54, 1.807) is 12.2 Å². The predicted molar refractivity (Wildman–Crippen MR) is 43.0 cm³/mol. The van der Waals surface area contributed by atoms with Crippen LogP contribution >= 0.6 is 0 Å². The van der Waals surface area contributed by atoms with Gasteiger partial charge in [-0.3, -0.25) is 0 Å². The summed E-state index contributed by atoms with van der Waals surface area (Å²) < 4.78 is 4.56. The Labute approximate surface area is 65.9 Å². The van der Waals surface area contributed by atoms with Crippen LogP contribution in [0.1, 0.15) is 6.42 Å². The lowest BCUT2D eigenvalue weighted by atomic mass is 10.0. The van der Waals surface area contributed by atoms with Crippen LogP contribution in [0.4, 0.5) is 0 Å². The molecule has 0 saturated heterocycles. The number of hydrogen-bond acceptors (Lipinski definition) is 2. The smallest absolute Gasteiger partial charge is 0.334 e. The van der Waals surface area contributed by atoms with Crippen LogP contribution in [0.3, 0.4) is 0 Å². The third-order valence-corrected chi connectivity index (χ3v) is 1.49. The second-order valence-electron chi connectivity index (χ2n) is 2.38. The van der Waals surface area contributed by atoms with Gasteiger partial charge in [0, 0.05) is 12.0 Å². The summed E-state index contributed by atoms with van der Waals surface area (Å²) in [5.41, 5.74) is 1.60. The fraction of sp³-hybridized carbons (Fsp3) is 0.222. The number of esters is 1. The van der Waals surface area contributed by atoms with Crippen LogP contribution in [0.25, 0.3) is 0 Å². The van der Waals surface area contributed by atoms with Gasteiger partial charge in [-0.2, -0.15) is 0 Å². The molecule has 1 aliphatic carbocycles. The summed E-state index contributed by atoms with van der Waals surface area (Å²) in [5.74, 6) is -0.268. The predicted octanol–water partition coefficient (Wildman–Crippen LogP) is 1.60. The molecule has 0 saturated carbocycles. The van der Waals surface area contributed by atoms with Gasteiger partial charge >= 0.3 is 5.97 Å². The van der Waals surface area contributed by atoms with Crippen molar-refractivity contribution < 1.29 is 9.53 Å². The summed E-state index contributed by atoms with van der Waals surface area (Å²) in [6.07, 6.45) is 6.04. The van der Waals surface area contributed by atoms with Crippen molar-refractivity contribution in [2.75, 3.05) is 7.11 Å². The first kappa shape index (κ1) is 7.79. The van der Waals surface area contributed by atoms with Crippen molar-refractivity contribution in [3.8, 4) is 0 Å².